The van der Waals surface area contributed by atoms with Crippen molar-refractivity contribution in [2.75, 3.05) is 33.3 Å². The Balaban J connectivity index is 2.52. The third kappa shape index (κ3) is 7.00. The Hall–Kier alpha value is -0.770. The SMILES string of the molecule is CCCCCCCC(C)(CCCCC)N1CCN(C(=O)OC)CC1. The number of piperazine rings is 1. The number of carbonyl (C=O) groups is 1. The minimum atomic E-state index is -0.179. The fourth-order valence-electron chi connectivity index (χ4n) is 3.86. The standard InChI is InChI=1S/C20H40N2O2/c1-5-7-9-10-12-14-20(3,13-11-8-6-2)22-17-15-21(16-18-22)19(23)24-4/h5-18H2,1-4H3. The second kappa shape index (κ2) is 11.7. The molecule has 0 aromatic heterocycles. The summed E-state index contributed by atoms with van der Waals surface area (Å²) in [5.74, 6) is 0. The van der Waals surface area contributed by atoms with Gasteiger partial charge in [0.2, 0.25) is 0 Å². The first-order chi connectivity index (χ1) is 11.6. The molecule has 142 valence electrons. The van der Waals surface area contributed by atoms with Gasteiger partial charge in [0.05, 0.1) is 7.11 Å². The zero-order valence-corrected chi connectivity index (χ0v) is 16.6. The lowest BCUT2D eigenvalue weighted by Crippen LogP contribution is -2.56. The van der Waals surface area contributed by atoms with E-state index in [2.05, 4.69) is 25.7 Å². The van der Waals surface area contributed by atoms with Crippen molar-refractivity contribution < 1.29 is 9.53 Å². The van der Waals surface area contributed by atoms with Gasteiger partial charge in [-0.2, -0.15) is 0 Å². The molecule has 1 rings (SSSR count). The average molecular weight is 341 g/mol. The molecule has 0 aromatic rings. The van der Waals surface area contributed by atoms with Gasteiger partial charge < -0.3 is 9.64 Å². The van der Waals surface area contributed by atoms with Crippen molar-refractivity contribution in [1.82, 2.24) is 9.80 Å². The number of ether oxygens (including phenoxy) is 1. The predicted molar refractivity (Wildman–Crippen MR) is 101 cm³/mol. The summed E-state index contributed by atoms with van der Waals surface area (Å²) in [4.78, 5) is 16.2. The Morgan fingerprint density at radius 3 is 1.92 bits per heavy atom. The van der Waals surface area contributed by atoms with E-state index in [1.54, 1.807) is 0 Å². The molecule has 4 nitrogen and oxygen atoms in total. The molecule has 1 aliphatic heterocycles. The smallest absolute Gasteiger partial charge is 0.409 e. The second-order valence-corrected chi connectivity index (χ2v) is 7.56. The number of unbranched alkanes of at least 4 members (excludes halogenated alkanes) is 6. The summed E-state index contributed by atoms with van der Waals surface area (Å²) in [6.07, 6.45) is 13.1. The summed E-state index contributed by atoms with van der Waals surface area (Å²) >= 11 is 0. The van der Waals surface area contributed by atoms with Crippen LogP contribution >= 0.6 is 0 Å². The van der Waals surface area contributed by atoms with Crippen LogP contribution in [0.1, 0.15) is 85.0 Å². The van der Waals surface area contributed by atoms with Crippen LogP contribution in [0.3, 0.4) is 0 Å². The molecule has 24 heavy (non-hydrogen) atoms. The van der Waals surface area contributed by atoms with E-state index in [4.69, 9.17) is 4.74 Å². The molecule has 0 aromatic carbocycles. The highest BCUT2D eigenvalue weighted by Crippen LogP contribution is 2.30. The van der Waals surface area contributed by atoms with Gasteiger partial charge >= 0.3 is 6.09 Å². The Bertz CT molecular complexity index is 341. The van der Waals surface area contributed by atoms with Crippen molar-refractivity contribution in [1.29, 1.82) is 0 Å². The van der Waals surface area contributed by atoms with Crippen molar-refractivity contribution in [2.45, 2.75) is 90.5 Å². The fourth-order valence-corrected chi connectivity index (χ4v) is 3.86. The number of hydrogen-bond acceptors (Lipinski definition) is 3. The van der Waals surface area contributed by atoms with E-state index in [0.29, 0.717) is 5.54 Å². The monoisotopic (exact) mass is 340 g/mol. The van der Waals surface area contributed by atoms with Gasteiger partial charge in [0.1, 0.15) is 0 Å². The molecule has 0 aliphatic carbocycles. The number of hydrogen-bond donors (Lipinski definition) is 0. The Morgan fingerprint density at radius 1 is 0.875 bits per heavy atom. The topological polar surface area (TPSA) is 32.8 Å². The minimum Gasteiger partial charge on any atom is -0.453 e. The molecule has 0 bridgehead atoms. The van der Waals surface area contributed by atoms with E-state index >= 15 is 0 Å². The van der Waals surface area contributed by atoms with Gasteiger partial charge in [-0.1, -0.05) is 65.2 Å². The molecule has 1 amide bonds. The van der Waals surface area contributed by atoms with Crippen LogP contribution in [0.25, 0.3) is 0 Å². The van der Waals surface area contributed by atoms with Crippen LogP contribution in [0.4, 0.5) is 4.79 Å². The van der Waals surface area contributed by atoms with Gasteiger partial charge in [0, 0.05) is 31.7 Å². The quantitative estimate of drug-likeness (QED) is 0.492. The van der Waals surface area contributed by atoms with E-state index in [0.717, 1.165) is 26.2 Å². The molecule has 1 heterocycles. The molecule has 0 radical (unpaired) electrons. The molecule has 1 unspecified atom stereocenters. The first-order valence-electron chi connectivity index (χ1n) is 10.1. The molecule has 1 atom stereocenters. The Labute approximate surface area is 149 Å². The molecule has 0 saturated carbocycles. The average Bonchev–Trinajstić information content (AvgIpc) is 2.61. The third-order valence-electron chi connectivity index (χ3n) is 5.61. The van der Waals surface area contributed by atoms with Gasteiger partial charge in [0.15, 0.2) is 0 Å². The molecule has 4 heteroatoms. The van der Waals surface area contributed by atoms with Crippen LogP contribution in [0.2, 0.25) is 0 Å². The predicted octanol–water partition coefficient (Wildman–Crippen LogP) is 5.07. The lowest BCUT2D eigenvalue weighted by molar-refractivity contribution is 0.0262. The molecular formula is C20H40N2O2. The van der Waals surface area contributed by atoms with Crippen LogP contribution in [-0.2, 0) is 4.74 Å². The van der Waals surface area contributed by atoms with Gasteiger partial charge in [0.25, 0.3) is 0 Å². The number of methoxy groups -OCH3 is 1. The molecule has 1 aliphatic rings. The summed E-state index contributed by atoms with van der Waals surface area (Å²) in [7, 11) is 1.47. The summed E-state index contributed by atoms with van der Waals surface area (Å²) in [5.41, 5.74) is 0.295. The highest BCUT2D eigenvalue weighted by molar-refractivity contribution is 5.67. The normalized spacial score (nSPS) is 18.4. The maximum absolute atomic E-state index is 11.7. The summed E-state index contributed by atoms with van der Waals surface area (Å²) in [6.45, 7) is 10.6. The minimum absolute atomic E-state index is 0.179. The molecule has 0 N–H and O–H groups in total. The van der Waals surface area contributed by atoms with E-state index < -0.39 is 0 Å². The lowest BCUT2D eigenvalue weighted by Gasteiger charge is -2.46. The molecular weight excluding hydrogens is 300 g/mol. The first kappa shape index (κ1) is 21.3. The van der Waals surface area contributed by atoms with E-state index in [9.17, 15) is 4.79 Å². The van der Waals surface area contributed by atoms with Gasteiger partial charge in [-0.05, 0) is 19.8 Å². The second-order valence-electron chi connectivity index (χ2n) is 7.56. The van der Waals surface area contributed by atoms with Crippen molar-refractivity contribution in [2.24, 2.45) is 0 Å². The van der Waals surface area contributed by atoms with E-state index in [1.807, 2.05) is 4.90 Å². The van der Waals surface area contributed by atoms with E-state index in [-0.39, 0.29) is 6.09 Å². The largest absolute Gasteiger partial charge is 0.453 e. The van der Waals surface area contributed by atoms with Crippen LogP contribution < -0.4 is 0 Å². The van der Waals surface area contributed by atoms with E-state index in [1.165, 1.54) is 71.3 Å². The zero-order valence-electron chi connectivity index (χ0n) is 16.6. The van der Waals surface area contributed by atoms with Crippen molar-refractivity contribution >= 4 is 6.09 Å². The third-order valence-corrected chi connectivity index (χ3v) is 5.61. The highest BCUT2D eigenvalue weighted by atomic mass is 16.5. The van der Waals surface area contributed by atoms with Crippen LogP contribution in [0.5, 0.6) is 0 Å². The first-order valence-corrected chi connectivity index (χ1v) is 10.1. The number of rotatable bonds is 11. The maximum atomic E-state index is 11.7. The lowest BCUT2D eigenvalue weighted by atomic mass is 9.86. The van der Waals surface area contributed by atoms with Crippen molar-refractivity contribution in [3.63, 3.8) is 0 Å². The highest BCUT2D eigenvalue weighted by Gasteiger charge is 2.34. The number of amides is 1. The molecule has 0 spiro atoms. The van der Waals surface area contributed by atoms with Gasteiger partial charge in [-0.25, -0.2) is 4.79 Å². The summed E-state index contributed by atoms with van der Waals surface area (Å²) in [5, 5.41) is 0. The van der Waals surface area contributed by atoms with Crippen LogP contribution in [0.15, 0.2) is 0 Å². The summed E-state index contributed by atoms with van der Waals surface area (Å²) in [6, 6.07) is 0. The van der Waals surface area contributed by atoms with Crippen molar-refractivity contribution in [3.8, 4) is 0 Å². The molecule has 1 fully saturated rings. The Kier molecular flexibility index (Phi) is 10.4. The number of nitrogens with zero attached hydrogens (tertiary/aromatic N) is 2. The number of carbonyl (C=O) groups excluding carboxylic acids is 1. The Morgan fingerprint density at radius 2 is 1.38 bits per heavy atom. The molecule has 1 saturated heterocycles. The van der Waals surface area contributed by atoms with Crippen LogP contribution in [0, 0.1) is 0 Å². The maximum Gasteiger partial charge on any atom is 0.409 e. The van der Waals surface area contributed by atoms with Gasteiger partial charge in [-0.15, -0.1) is 0 Å². The van der Waals surface area contributed by atoms with Gasteiger partial charge in [-0.3, -0.25) is 4.90 Å². The van der Waals surface area contributed by atoms with Crippen LogP contribution in [-0.4, -0.2) is 54.7 Å². The summed E-state index contributed by atoms with van der Waals surface area (Å²) < 4.78 is 4.86. The zero-order chi connectivity index (χ0) is 17.8. The fraction of sp³-hybridized carbons (Fsp3) is 0.950. The van der Waals surface area contributed by atoms with Crippen molar-refractivity contribution in [3.05, 3.63) is 0 Å².